The number of ether oxygens (including phenoxy) is 1. The van der Waals surface area contributed by atoms with Gasteiger partial charge in [0, 0.05) is 19.1 Å². The van der Waals surface area contributed by atoms with Crippen molar-refractivity contribution in [3.05, 3.63) is 23.2 Å². The minimum atomic E-state index is -3.55. The van der Waals surface area contributed by atoms with Crippen LogP contribution in [0.3, 0.4) is 0 Å². The van der Waals surface area contributed by atoms with E-state index in [1.54, 1.807) is 0 Å². The van der Waals surface area contributed by atoms with E-state index in [1.165, 1.54) is 18.2 Å². The van der Waals surface area contributed by atoms with Crippen LogP contribution in [0.2, 0.25) is 5.02 Å². The molecule has 2 rings (SSSR count). The standard InChI is InChI=1S/C12H17ClN2O3S/c1-8-9(4-5-18-8)7-15-19(16,17)10-2-3-11(13)12(14)6-10/h2-3,6,8-9,15H,4-5,7,14H2,1H3. The van der Waals surface area contributed by atoms with Crippen LogP contribution in [0.1, 0.15) is 13.3 Å². The third-order valence-corrected chi connectivity index (χ3v) is 5.11. The SMILES string of the molecule is CC1OCCC1CNS(=O)(=O)c1ccc(Cl)c(N)c1. The van der Waals surface area contributed by atoms with E-state index in [9.17, 15) is 8.42 Å². The second-order valence-corrected chi connectivity index (χ2v) is 6.83. The van der Waals surface area contributed by atoms with Crippen molar-refractivity contribution in [2.24, 2.45) is 5.92 Å². The van der Waals surface area contributed by atoms with Crippen LogP contribution in [0.5, 0.6) is 0 Å². The number of anilines is 1. The summed E-state index contributed by atoms with van der Waals surface area (Å²) in [6.45, 7) is 3.00. The minimum Gasteiger partial charge on any atom is -0.397 e. The van der Waals surface area contributed by atoms with Gasteiger partial charge < -0.3 is 10.5 Å². The minimum absolute atomic E-state index is 0.0815. The fourth-order valence-electron chi connectivity index (χ4n) is 2.03. The number of nitrogens with one attached hydrogen (secondary N) is 1. The molecule has 2 atom stereocenters. The summed E-state index contributed by atoms with van der Waals surface area (Å²) >= 11 is 5.77. The Kier molecular flexibility index (Phi) is 4.35. The summed E-state index contributed by atoms with van der Waals surface area (Å²) in [4.78, 5) is 0.126. The molecule has 0 aliphatic carbocycles. The fourth-order valence-corrected chi connectivity index (χ4v) is 3.28. The molecule has 106 valence electrons. The summed E-state index contributed by atoms with van der Waals surface area (Å²) in [6, 6.07) is 4.28. The first kappa shape index (κ1) is 14.6. The Hall–Kier alpha value is -0.820. The molecule has 19 heavy (non-hydrogen) atoms. The molecule has 1 saturated heterocycles. The quantitative estimate of drug-likeness (QED) is 0.828. The van der Waals surface area contributed by atoms with Crippen LogP contribution in [0.15, 0.2) is 23.1 Å². The molecule has 0 amide bonds. The zero-order valence-corrected chi connectivity index (χ0v) is 12.2. The van der Waals surface area contributed by atoms with Gasteiger partial charge in [0.1, 0.15) is 0 Å². The lowest BCUT2D eigenvalue weighted by Crippen LogP contribution is -2.32. The fraction of sp³-hybridized carbons (Fsp3) is 0.500. The van der Waals surface area contributed by atoms with Crippen LogP contribution in [-0.4, -0.2) is 27.7 Å². The van der Waals surface area contributed by atoms with E-state index in [2.05, 4.69) is 4.72 Å². The number of sulfonamides is 1. The molecule has 1 aromatic rings. The highest BCUT2D eigenvalue weighted by molar-refractivity contribution is 7.89. The largest absolute Gasteiger partial charge is 0.397 e. The topological polar surface area (TPSA) is 81.4 Å². The highest BCUT2D eigenvalue weighted by Crippen LogP contribution is 2.23. The normalized spacial score (nSPS) is 23.7. The number of nitrogens with two attached hydrogens (primary N) is 1. The van der Waals surface area contributed by atoms with Crippen LogP contribution in [0.4, 0.5) is 5.69 Å². The van der Waals surface area contributed by atoms with E-state index in [4.69, 9.17) is 22.1 Å². The molecular formula is C12H17ClN2O3S. The Labute approximate surface area is 118 Å². The number of rotatable bonds is 4. The lowest BCUT2D eigenvalue weighted by Gasteiger charge is -2.15. The van der Waals surface area contributed by atoms with Crippen LogP contribution < -0.4 is 10.5 Å². The van der Waals surface area contributed by atoms with Gasteiger partial charge >= 0.3 is 0 Å². The van der Waals surface area contributed by atoms with Crippen molar-refractivity contribution in [1.82, 2.24) is 4.72 Å². The van der Waals surface area contributed by atoms with E-state index in [-0.39, 0.29) is 22.6 Å². The van der Waals surface area contributed by atoms with Gasteiger partial charge in [-0.05, 0) is 31.5 Å². The van der Waals surface area contributed by atoms with Crippen molar-refractivity contribution in [3.63, 3.8) is 0 Å². The predicted molar refractivity (Wildman–Crippen MR) is 74.6 cm³/mol. The molecule has 3 N–H and O–H groups in total. The Morgan fingerprint density at radius 3 is 2.84 bits per heavy atom. The summed E-state index contributed by atoms with van der Waals surface area (Å²) in [5.41, 5.74) is 5.87. The molecular weight excluding hydrogens is 288 g/mol. The Morgan fingerprint density at radius 1 is 1.53 bits per heavy atom. The van der Waals surface area contributed by atoms with Crippen molar-refractivity contribution in [2.75, 3.05) is 18.9 Å². The second kappa shape index (κ2) is 5.66. The molecule has 0 bridgehead atoms. The number of halogens is 1. The molecule has 1 aliphatic heterocycles. The van der Waals surface area contributed by atoms with E-state index in [0.29, 0.717) is 18.2 Å². The van der Waals surface area contributed by atoms with Crippen molar-refractivity contribution in [3.8, 4) is 0 Å². The van der Waals surface area contributed by atoms with Crippen molar-refractivity contribution >= 4 is 27.3 Å². The van der Waals surface area contributed by atoms with Gasteiger partial charge in [-0.1, -0.05) is 11.6 Å². The van der Waals surface area contributed by atoms with Gasteiger partial charge in [0.2, 0.25) is 10.0 Å². The molecule has 1 heterocycles. The highest BCUT2D eigenvalue weighted by atomic mass is 35.5. The van der Waals surface area contributed by atoms with E-state index >= 15 is 0 Å². The third-order valence-electron chi connectivity index (χ3n) is 3.35. The molecule has 5 nitrogen and oxygen atoms in total. The summed E-state index contributed by atoms with van der Waals surface area (Å²) in [5.74, 6) is 0.208. The smallest absolute Gasteiger partial charge is 0.240 e. The second-order valence-electron chi connectivity index (χ2n) is 4.66. The third kappa shape index (κ3) is 3.39. The van der Waals surface area contributed by atoms with Gasteiger partial charge in [0.15, 0.2) is 0 Å². The van der Waals surface area contributed by atoms with Crippen molar-refractivity contribution in [2.45, 2.75) is 24.3 Å². The van der Waals surface area contributed by atoms with Gasteiger partial charge in [-0.2, -0.15) is 0 Å². The first-order valence-electron chi connectivity index (χ1n) is 6.06. The van der Waals surface area contributed by atoms with Gasteiger partial charge in [0.05, 0.1) is 21.7 Å². The Bertz CT molecular complexity index is 562. The molecule has 1 aromatic carbocycles. The van der Waals surface area contributed by atoms with Crippen molar-refractivity contribution in [1.29, 1.82) is 0 Å². The molecule has 1 fully saturated rings. The summed E-state index contributed by atoms with van der Waals surface area (Å²) < 4.78 is 32.2. The van der Waals surface area contributed by atoms with Crippen LogP contribution in [-0.2, 0) is 14.8 Å². The molecule has 1 aliphatic rings. The van der Waals surface area contributed by atoms with Gasteiger partial charge in [0.25, 0.3) is 0 Å². The average Bonchev–Trinajstić information content (AvgIpc) is 2.76. The summed E-state index contributed by atoms with van der Waals surface area (Å²) in [7, 11) is -3.55. The van der Waals surface area contributed by atoms with Gasteiger partial charge in [-0.15, -0.1) is 0 Å². The maximum Gasteiger partial charge on any atom is 0.240 e. The molecule has 0 aromatic heterocycles. The molecule has 0 spiro atoms. The first-order chi connectivity index (χ1) is 8.90. The highest BCUT2D eigenvalue weighted by Gasteiger charge is 2.26. The van der Waals surface area contributed by atoms with Gasteiger partial charge in [-0.25, -0.2) is 13.1 Å². The Morgan fingerprint density at radius 2 is 2.26 bits per heavy atom. The number of hydrogen-bond donors (Lipinski definition) is 2. The van der Waals surface area contributed by atoms with Gasteiger partial charge in [-0.3, -0.25) is 0 Å². The maximum absolute atomic E-state index is 12.1. The maximum atomic E-state index is 12.1. The zero-order valence-electron chi connectivity index (χ0n) is 10.6. The van der Waals surface area contributed by atoms with Crippen LogP contribution >= 0.6 is 11.6 Å². The van der Waals surface area contributed by atoms with E-state index in [1.807, 2.05) is 6.92 Å². The number of hydrogen-bond acceptors (Lipinski definition) is 4. The number of nitrogen functional groups attached to an aromatic ring is 1. The molecule has 0 saturated carbocycles. The van der Waals surface area contributed by atoms with Crippen molar-refractivity contribution < 1.29 is 13.2 Å². The van der Waals surface area contributed by atoms with Crippen LogP contribution in [0, 0.1) is 5.92 Å². The summed E-state index contributed by atoms with van der Waals surface area (Å²) in [5, 5.41) is 0.344. The molecule has 0 radical (unpaired) electrons. The summed E-state index contributed by atoms with van der Waals surface area (Å²) in [6.07, 6.45) is 0.949. The number of benzene rings is 1. The average molecular weight is 305 g/mol. The molecule has 2 unspecified atom stereocenters. The van der Waals surface area contributed by atoms with E-state index < -0.39 is 10.0 Å². The zero-order chi connectivity index (χ0) is 14.0. The lowest BCUT2D eigenvalue weighted by atomic mass is 10.0. The molecule has 7 heteroatoms. The van der Waals surface area contributed by atoms with E-state index in [0.717, 1.165) is 6.42 Å². The lowest BCUT2D eigenvalue weighted by molar-refractivity contribution is 0.107. The predicted octanol–water partition coefficient (Wildman–Crippen LogP) is 1.63. The first-order valence-corrected chi connectivity index (χ1v) is 7.92. The monoisotopic (exact) mass is 304 g/mol. The Balaban J connectivity index is 2.07. The van der Waals surface area contributed by atoms with Crippen LogP contribution in [0.25, 0.3) is 0 Å².